The molecule has 9 nitrogen and oxygen atoms in total. The number of carboxylic acids is 1. The van der Waals surface area contributed by atoms with E-state index in [0.29, 0.717) is 16.7 Å². The third kappa shape index (κ3) is 3.40. The molecule has 0 spiro atoms. The first-order chi connectivity index (χ1) is 16.5. The largest absolute Gasteiger partial charge is 0.481 e. The lowest BCUT2D eigenvalue weighted by molar-refractivity contribution is -0.148. The zero-order valence-electron chi connectivity index (χ0n) is 17.8. The standard InChI is InChI=1S/C23H20ClFN6O3/c24-14-9-26-18-12(8-27-22(18)28-14)20-30-19(13-2-1-7-34-13)16(25)21(31-20)29-17-11-5-3-10(4-6-11)15(17)23(32)33/h1-2,7-11,15,17H,3-6H2,(H,27,28)(H,32,33)(H,29,30,31). The number of H-pyrrole nitrogens is 1. The van der Waals surface area contributed by atoms with E-state index in [1.54, 1.807) is 18.3 Å². The SMILES string of the molecule is O=C(O)C1C2CCC(CC2)C1Nc1nc(-c2c[nH]c3nc(Cl)cnc23)nc(-c2ccco2)c1F. The monoisotopic (exact) mass is 482 g/mol. The van der Waals surface area contributed by atoms with Crippen LogP contribution in [0.2, 0.25) is 5.15 Å². The molecule has 3 aliphatic rings. The highest BCUT2D eigenvalue weighted by atomic mass is 35.5. The van der Waals surface area contributed by atoms with Gasteiger partial charge in [0, 0.05) is 12.2 Å². The number of aromatic nitrogens is 5. The molecule has 2 unspecified atom stereocenters. The molecule has 11 heteroatoms. The summed E-state index contributed by atoms with van der Waals surface area (Å²) in [6.45, 7) is 0. The summed E-state index contributed by atoms with van der Waals surface area (Å²) in [6.07, 6.45) is 8.06. The fourth-order valence-electron chi connectivity index (χ4n) is 5.45. The number of furan rings is 1. The molecule has 0 amide bonds. The van der Waals surface area contributed by atoms with Crippen molar-refractivity contribution >= 4 is 34.6 Å². The number of aromatic amines is 1. The van der Waals surface area contributed by atoms with Crippen LogP contribution in [-0.2, 0) is 4.79 Å². The maximum absolute atomic E-state index is 15.7. The molecule has 4 aromatic rings. The molecule has 7 rings (SSSR count). The smallest absolute Gasteiger partial charge is 0.308 e. The highest BCUT2D eigenvalue weighted by molar-refractivity contribution is 6.29. The molecule has 0 aromatic carbocycles. The first kappa shape index (κ1) is 21.0. The van der Waals surface area contributed by atoms with Gasteiger partial charge in [-0.25, -0.2) is 24.3 Å². The lowest BCUT2D eigenvalue weighted by Crippen LogP contribution is -2.51. The van der Waals surface area contributed by atoms with Crippen LogP contribution >= 0.6 is 11.6 Å². The third-order valence-electron chi connectivity index (χ3n) is 7.01. The van der Waals surface area contributed by atoms with Crippen molar-refractivity contribution in [2.24, 2.45) is 17.8 Å². The van der Waals surface area contributed by atoms with Crippen molar-refractivity contribution in [3.63, 3.8) is 0 Å². The van der Waals surface area contributed by atoms with Gasteiger partial charge in [-0.15, -0.1) is 0 Å². The number of halogens is 2. The van der Waals surface area contributed by atoms with Gasteiger partial charge in [0.25, 0.3) is 0 Å². The normalized spacial score (nSPS) is 23.9. The summed E-state index contributed by atoms with van der Waals surface area (Å²) in [5, 5.41) is 13.3. The first-order valence-corrected chi connectivity index (χ1v) is 11.5. The highest BCUT2D eigenvalue weighted by Gasteiger charge is 2.47. The van der Waals surface area contributed by atoms with E-state index in [1.165, 1.54) is 12.5 Å². The molecule has 4 heterocycles. The Balaban J connectivity index is 1.48. The number of hydrogen-bond donors (Lipinski definition) is 3. The molecule has 0 saturated heterocycles. The number of nitrogens with zero attached hydrogens (tertiary/aromatic N) is 4. The summed E-state index contributed by atoms with van der Waals surface area (Å²) in [5.74, 6) is -1.58. The van der Waals surface area contributed by atoms with Crippen LogP contribution in [0.5, 0.6) is 0 Å². The fourth-order valence-corrected chi connectivity index (χ4v) is 5.59. The Kier molecular flexibility index (Phi) is 4.98. The number of aliphatic carboxylic acids is 1. The molecule has 3 aliphatic carbocycles. The van der Waals surface area contributed by atoms with E-state index in [4.69, 9.17) is 16.0 Å². The molecule has 3 N–H and O–H groups in total. The molecule has 0 radical (unpaired) electrons. The predicted molar refractivity (Wildman–Crippen MR) is 122 cm³/mol. The quantitative estimate of drug-likeness (QED) is 0.371. The second kappa shape index (κ2) is 8.05. The summed E-state index contributed by atoms with van der Waals surface area (Å²) in [4.78, 5) is 32.5. The average molecular weight is 483 g/mol. The third-order valence-corrected chi connectivity index (χ3v) is 7.19. The van der Waals surface area contributed by atoms with Crippen LogP contribution < -0.4 is 5.32 Å². The van der Waals surface area contributed by atoms with Crippen molar-refractivity contribution in [1.29, 1.82) is 0 Å². The van der Waals surface area contributed by atoms with Gasteiger partial charge in [0.2, 0.25) is 0 Å². The summed E-state index contributed by atoms with van der Waals surface area (Å²) >= 11 is 5.95. The molecule has 3 saturated carbocycles. The molecule has 34 heavy (non-hydrogen) atoms. The molecule has 3 fully saturated rings. The van der Waals surface area contributed by atoms with Crippen LogP contribution in [0.3, 0.4) is 0 Å². The van der Waals surface area contributed by atoms with Crippen LogP contribution in [0, 0.1) is 23.6 Å². The predicted octanol–water partition coefficient (Wildman–Crippen LogP) is 4.77. The molecule has 0 aliphatic heterocycles. The topological polar surface area (TPSA) is 130 Å². The van der Waals surface area contributed by atoms with Gasteiger partial charge in [0.15, 0.2) is 28.9 Å². The van der Waals surface area contributed by atoms with E-state index in [2.05, 4.69) is 30.2 Å². The van der Waals surface area contributed by atoms with Gasteiger partial charge in [0.05, 0.1) is 23.9 Å². The Morgan fingerprint density at radius 3 is 2.74 bits per heavy atom. The number of fused-ring (bicyclic) bond motifs is 4. The number of nitrogens with one attached hydrogen (secondary N) is 2. The van der Waals surface area contributed by atoms with Gasteiger partial charge in [-0.3, -0.25) is 4.79 Å². The second-order valence-corrected chi connectivity index (χ2v) is 9.22. The second-order valence-electron chi connectivity index (χ2n) is 8.84. The highest BCUT2D eigenvalue weighted by Crippen LogP contribution is 2.46. The van der Waals surface area contributed by atoms with Crippen LogP contribution in [0.15, 0.2) is 35.2 Å². The maximum atomic E-state index is 15.7. The summed E-state index contributed by atoms with van der Waals surface area (Å²) < 4.78 is 21.1. The molecule has 174 valence electrons. The Morgan fingerprint density at radius 2 is 2.00 bits per heavy atom. The van der Waals surface area contributed by atoms with Crippen molar-refractivity contribution < 1.29 is 18.7 Å². The van der Waals surface area contributed by atoms with Crippen LogP contribution in [0.4, 0.5) is 10.2 Å². The Hall–Kier alpha value is -3.53. The van der Waals surface area contributed by atoms with Crippen LogP contribution in [-0.4, -0.2) is 42.0 Å². The lowest BCUT2D eigenvalue weighted by atomic mass is 9.61. The summed E-state index contributed by atoms with van der Waals surface area (Å²) in [5.41, 5.74) is 1.41. The van der Waals surface area contributed by atoms with Gasteiger partial charge >= 0.3 is 5.97 Å². The fraction of sp³-hybridized carbons (Fsp3) is 0.348. The number of rotatable bonds is 5. The molecule has 2 atom stereocenters. The van der Waals surface area contributed by atoms with E-state index in [9.17, 15) is 9.90 Å². The lowest BCUT2D eigenvalue weighted by Gasteiger charge is -2.47. The summed E-state index contributed by atoms with van der Waals surface area (Å²) in [7, 11) is 0. The van der Waals surface area contributed by atoms with E-state index < -0.39 is 23.7 Å². The van der Waals surface area contributed by atoms with Crippen LogP contribution in [0.25, 0.3) is 34.0 Å². The minimum absolute atomic E-state index is 0.0263. The van der Waals surface area contributed by atoms with E-state index in [0.717, 1.165) is 25.7 Å². The summed E-state index contributed by atoms with van der Waals surface area (Å²) in [6, 6.07) is 2.83. The van der Waals surface area contributed by atoms with Crippen LogP contribution in [0.1, 0.15) is 25.7 Å². The Bertz CT molecular complexity index is 1380. The first-order valence-electron chi connectivity index (χ1n) is 11.1. The van der Waals surface area contributed by atoms with E-state index in [-0.39, 0.29) is 40.1 Å². The van der Waals surface area contributed by atoms with Gasteiger partial charge in [0.1, 0.15) is 16.4 Å². The molecule has 4 aromatic heterocycles. The minimum Gasteiger partial charge on any atom is -0.481 e. The van der Waals surface area contributed by atoms with Crippen molar-refractivity contribution in [3.8, 4) is 22.8 Å². The number of carbonyl (C=O) groups is 1. The van der Waals surface area contributed by atoms with Crippen molar-refractivity contribution in [2.45, 2.75) is 31.7 Å². The number of hydrogen-bond acceptors (Lipinski definition) is 7. The number of anilines is 1. The van der Waals surface area contributed by atoms with Gasteiger partial charge in [-0.2, -0.15) is 0 Å². The van der Waals surface area contributed by atoms with Gasteiger partial charge < -0.3 is 19.8 Å². The van der Waals surface area contributed by atoms with Crippen molar-refractivity contribution in [2.75, 3.05) is 5.32 Å². The minimum atomic E-state index is -0.864. The average Bonchev–Trinajstić information content (AvgIpc) is 3.51. The molecular weight excluding hydrogens is 463 g/mol. The zero-order chi connectivity index (χ0) is 23.4. The van der Waals surface area contributed by atoms with Gasteiger partial charge in [-0.05, 0) is 49.7 Å². The van der Waals surface area contributed by atoms with E-state index in [1.807, 2.05) is 0 Å². The molecule has 2 bridgehead atoms. The van der Waals surface area contributed by atoms with Gasteiger partial charge in [-0.1, -0.05) is 11.6 Å². The Labute approximate surface area is 197 Å². The van der Waals surface area contributed by atoms with Crippen molar-refractivity contribution in [1.82, 2.24) is 24.9 Å². The zero-order valence-corrected chi connectivity index (χ0v) is 18.6. The number of carboxylic acid groups (broad SMARTS) is 1. The molecular formula is C23H20ClFN6O3. The maximum Gasteiger partial charge on any atom is 0.308 e. The van der Waals surface area contributed by atoms with E-state index >= 15 is 4.39 Å². The van der Waals surface area contributed by atoms with Crippen molar-refractivity contribution in [3.05, 3.63) is 41.8 Å². The Morgan fingerprint density at radius 1 is 1.21 bits per heavy atom.